The van der Waals surface area contributed by atoms with Crippen molar-refractivity contribution in [3.63, 3.8) is 0 Å². The summed E-state index contributed by atoms with van der Waals surface area (Å²) in [4.78, 5) is 18.8. The summed E-state index contributed by atoms with van der Waals surface area (Å²) in [5.74, 6) is 0.263. The van der Waals surface area contributed by atoms with E-state index in [1.807, 2.05) is 12.3 Å². The molecule has 108 valence electrons. The third kappa shape index (κ3) is 2.20. The average molecular weight is 277 g/mol. The summed E-state index contributed by atoms with van der Waals surface area (Å²) >= 11 is 0. The molecule has 0 aromatic carbocycles. The molecular formula is C14H19N3O3. The number of carbonyl (C=O) groups is 1. The Hall–Kier alpha value is -1.82. The van der Waals surface area contributed by atoms with Gasteiger partial charge in [-0.05, 0) is 12.5 Å². The minimum Gasteiger partial charge on any atom is -0.465 e. The first-order chi connectivity index (χ1) is 9.70. The summed E-state index contributed by atoms with van der Waals surface area (Å²) in [5, 5.41) is 8.93. The van der Waals surface area contributed by atoms with Gasteiger partial charge in [-0.25, -0.2) is 4.79 Å². The van der Waals surface area contributed by atoms with Crippen LogP contribution in [0.3, 0.4) is 0 Å². The number of carboxylic acid groups (broad SMARTS) is 1. The molecular weight excluding hydrogens is 258 g/mol. The van der Waals surface area contributed by atoms with Gasteiger partial charge in [-0.15, -0.1) is 0 Å². The number of ether oxygens (including phenoxy) is 1. The number of rotatable bonds is 4. The van der Waals surface area contributed by atoms with Gasteiger partial charge in [-0.2, -0.15) is 0 Å². The van der Waals surface area contributed by atoms with Crippen molar-refractivity contribution >= 4 is 11.8 Å². The highest BCUT2D eigenvalue weighted by Gasteiger charge is 2.36. The number of methoxy groups -OCH3 is 1. The Kier molecular flexibility index (Phi) is 3.48. The second-order valence-corrected chi connectivity index (χ2v) is 5.41. The molecule has 3 rings (SSSR count). The molecule has 1 N–H and O–H groups in total. The minimum atomic E-state index is -0.840. The molecule has 0 spiro atoms. The topological polar surface area (TPSA) is 65.9 Å². The van der Waals surface area contributed by atoms with Crippen LogP contribution in [0, 0.1) is 0 Å². The van der Waals surface area contributed by atoms with E-state index in [2.05, 4.69) is 9.88 Å². The molecule has 1 amide bonds. The summed E-state index contributed by atoms with van der Waals surface area (Å²) in [6.07, 6.45) is 3.98. The van der Waals surface area contributed by atoms with Crippen LogP contribution in [0.25, 0.3) is 0 Å². The van der Waals surface area contributed by atoms with Crippen LogP contribution in [0.2, 0.25) is 0 Å². The summed E-state index contributed by atoms with van der Waals surface area (Å²) in [5.41, 5.74) is 2.34. The van der Waals surface area contributed by atoms with Gasteiger partial charge in [0.25, 0.3) is 0 Å². The van der Waals surface area contributed by atoms with E-state index in [4.69, 9.17) is 9.84 Å². The predicted octanol–water partition coefficient (Wildman–Crippen LogP) is 1.38. The molecule has 6 nitrogen and oxygen atoms in total. The van der Waals surface area contributed by atoms with Crippen LogP contribution in [-0.4, -0.2) is 60.5 Å². The van der Waals surface area contributed by atoms with E-state index in [0.29, 0.717) is 19.1 Å². The molecule has 2 saturated heterocycles. The normalized spacial score (nSPS) is 22.4. The zero-order valence-electron chi connectivity index (χ0n) is 11.5. The molecule has 0 aliphatic carbocycles. The Morgan fingerprint density at radius 3 is 2.95 bits per heavy atom. The van der Waals surface area contributed by atoms with E-state index in [9.17, 15) is 4.79 Å². The predicted molar refractivity (Wildman–Crippen MR) is 74.2 cm³/mol. The zero-order valence-corrected chi connectivity index (χ0v) is 11.5. The molecule has 1 atom stereocenters. The number of likely N-dealkylation sites (tertiary alicyclic amines) is 1. The Balaban J connectivity index is 1.74. The number of aromatic nitrogens is 1. The molecule has 0 bridgehead atoms. The molecule has 2 fully saturated rings. The number of anilines is 1. The fourth-order valence-electron chi connectivity index (χ4n) is 2.93. The second kappa shape index (κ2) is 5.28. The van der Waals surface area contributed by atoms with E-state index < -0.39 is 6.09 Å². The third-order valence-corrected chi connectivity index (χ3v) is 4.23. The Labute approximate surface area is 118 Å². The minimum absolute atomic E-state index is 0.263. The Morgan fingerprint density at radius 2 is 2.35 bits per heavy atom. The van der Waals surface area contributed by atoms with Crippen molar-refractivity contribution in [2.45, 2.75) is 18.4 Å². The molecule has 0 saturated carbocycles. The van der Waals surface area contributed by atoms with Crippen LogP contribution in [-0.2, 0) is 4.74 Å². The van der Waals surface area contributed by atoms with Crippen molar-refractivity contribution in [1.82, 2.24) is 9.88 Å². The Bertz CT molecular complexity index is 502. The maximum atomic E-state index is 10.9. The summed E-state index contributed by atoms with van der Waals surface area (Å²) in [6.45, 7) is 2.89. The summed E-state index contributed by atoms with van der Waals surface area (Å²) in [6, 6.07) is 2.46. The highest BCUT2D eigenvalue weighted by molar-refractivity contribution is 5.67. The van der Waals surface area contributed by atoms with Crippen LogP contribution < -0.4 is 4.90 Å². The molecule has 1 aromatic heterocycles. The van der Waals surface area contributed by atoms with Crippen molar-refractivity contribution < 1.29 is 14.6 Å². The van der Waals surface area contributed by atoms with Crippen LogP contribution in [0.1, 0.15) is 17.9 Å². The molecule has 2 aliphatic heterocycles. The van der Waals surface area contributed by atoms with Crippen LogP contribution in [0.5, 0.6) is 0 Å². The van der Waals surface area contributed by atoms with E-state index in [1.54, 1.807) is 13.3 Å². The van der Waals surface area contributed by atoms with Gasteiger partial charge in [0.05, 0.1) is 12.6 Å². The zero-order chi connectivity index (χ0) is 14.1. The Morgan fingerprint density at radius 1 is 1.55 bits per heavy atom. The van der Waals surface area contributed by atoms with Gasteiger partial charge >= 0.3 is 6.09 Å². The number of pyridine rings is 1. The maximum Gasteiger partial charge on any atom is 0.407 e. The monoisotopic (exact) mass is 277 g/mol. The SMILES string of the molecule is COC[C@@H]1CCN1c1ccncc1C1CN(C(=O)O)C1. The molecule has 0 unspecified atom stereocenters. The molecule has 2 aliphatic rings. The van der Waals surface area contributed by atoms with Crippen molar-refractivity contribution in [2.75, 3.05) is 38.3 Å². The van der Waals surface area contributed by atoms with Crippen LogP contribution in [0.15, 0.2) is 18.5 Å². The lowest BCUT2D eigenvalue weighted by atomic mass is 9.90. The second-order valence-electron chi connectivity index (χ2n) is 5.41. The summed E-state index contributed by atoms with van der Waals surface area (Å²) < 4.78 is 5.24. The van der Waals surface area contributed by atoms with Crippen LogP contribution >= 0.6 is 0 Å². The van der Waals surface area contributed by atoms with Crippen molar-refractivity contribution in [3.8, 4) is 0 Å². The average Bonchev–Trinajstić information content (AvgIpc) is 2.34. The van der Waals surface area contributed by atoms with Gasteiger partial charge in [0.15, 0.2) is 0 Å². The first-order valence-corrected chi connectivity index (χ1v) is 6.88. The fraction of sp³-hybridized carbons (Fsp3) is 0.571. The molecule has 20 heavy (non-hydrogen) atoms. The van der Waals surface area contributed by atoms with E-state index in [1.165, 1.54) is 10.6 Å². The highest BCUT2D eigenvalue weighted by Crippen LogP contribution is 2.37. The number of hydrogen-bond donors (Lipinski definition) is 1. The number of nitrogens with zero attached hydrogens (tertiary/aromatic N) is 3. The largest absolute Gasteiger partial charge is 0.465 e. The van der Waals surface area contributed by atoms with Gasteiger partial charge in [0, 0.05) is 56.3 Å². The fourth-order valence-corrected chi connectivity index (χ4v) is 2.93. The summed E-state index contributed by atoms with van der Waals surface area (Å²) in [7, 11) is 1.72. The molecule has 6 heteroatoms. The first-order valence-electron chi connectivity index (χ1n) is 6.88. The number of hydrogen-bond acceptors (Lipinski definition) is 4. The lowest BCUT2D eigenvalue weighted by molar-refractivity contribution is 0.105. The van der Waals surface area contributed by atoms with Crippen LogP contribution in [0.4, 0.5) is 10.5 Å². The van der Waals surface area contributed by atoms with E-state index in [-0.39, 0.29) is 5.92 Å². The molecule has 3 heterocycles. The molecule has 1 aromatic rings. The first kappa shape index (κ1) is 13.2. The molecule has 0 radical (unpaired) electrons. The standard InChI is InChI=1S/C14H19N3O3/c1-20-9-11-3-5-17(11)13-2-4-15-6-12(13)10-7-16(8-10)14(18)19/h2,4,6,10-11H,3,5,7-9H2,1H3,(H,18,19)/t11-/m0/s1. The van der Waals surface area contributed by atoms with Gasteiger partial charge < -0.3 is 19.6 Å². The maximum absolute atomic E-state index is 10.9. The quantitative estimate of drug-likeness (QED) is 0.900. The lowest BCUT2D eigenvalue weighted by Gasteiger charge is -2.45. The third-order valence-electron chi connectivity index (χ3n) is 4.23. The van der Waals surface area contributed by atoms with Gasteiger partial charge in [-0.1, -0.05) is 0 Å². The van der Waals surface area contributed by atoms with Gasteiger partial charge in [0.2, 0.25) is 0 Å². The van der Waals surface area contributed by atoms with E-state index in [0.717, 1.165) is 25.1 Å². The van der Waals surface area contributed by atoms with Gasteiger partial charge in [-0.3, -0.25) is 4.98 Å². The smallest absolute Gasteiger partial charge is 0.407 e. The van der Waals surface area contributed by atoms with E-state index >= 15 is 0 Å². The van der Waals surface area contributed by atoms with Crippen molar-refractivity contribution in [2.24, 2.45) is 0 Å². The van der Waals surface area contributed by atoms with Crippen molar-refractivity contribution in [1.29, 1.82) is 0 Å². The van der Waals surface area contributed by atoms with Crippen molar-refractivity contribution in [3.05, 3.63) is 24.0 Å². The highest BCUT2D eigenvalue weighted by atomic mass is 16.5. The lowest BCUT2D eigenvalue weighted by Crippen LogP contribution is -2.52. The van der Waals surface area contributed by atoms with Gasteiger partial charge in [0.1, 0.15) is 0 Å². The number of amides is 1.